The maximum Gasteiger partial charge on any atom is 0.337 e. The van der Waals surface area contributed by atoms with Crippen LogP contribution in [0.15, 0.2) is 72.8 Å². The molecule has 3 heterocycles. The second kappa shape index (κ2) is 11.9. The van der Waals surface area contributed by atoms with Gasteiger partial charge in [0.05, 0.1) is 42.0 Å². The summed E-state index contributed by atoms with van der Waals surface area (Å²) in [6, 6.07) is 19.6. The van der Waals surface area contributed by atoms with Crippen LogP contribution in [0.3, 0.4) is 0 Å². The van der Waals surface area contributed by atoms with Crippen LogP contribution in [0.4, 0.5) is 8.78 Å². The Morgan fingerprint density at radius 2 is 1.90 bits per heavy atom. The zero-order chi connectivity index (χ0) is 29.2. The maximum absolute atomic E-state index is 15.4. The van der Waals surface area contributed by atoms with E-state index in [2.05, 4.69) is 4.98 Å². The highest BCUT2D eigenvalue weighted by Crippen LogP contribution is 2.28. The summed E-state index contributed by atoms with van der Waals surface area (Å²) in [5.41, 5.74) is 3.70. The van der Waals surface area contributed by atoms with Crippen molar-refractivity contribution in [2.24, 2.45) is 0 Å². The van der Waals surface area contributed by atoms with Crippen LogP contribution in [0.1, 0.15) is 33.7 Å². The van der Waals surface area contributed by atoms with Gasteiger partial charge in [-0.15, -0.1) is 0 Å². The van der Waals surface area contributed by atoms with E-state index in [1.165, 1.54) is 19.2 Å². The zero-order valence-electron chi connectivity index (χ0n) is 22.6. The lowest BCUT2D eigenvalue weighted by Gasteiger charge is -2.27. The topological polar surface area (TPSA) is 75.5 Å². The van der Waals surface area contributed by atoms with Crippen LogP contribution in [0.5, 0.6) is 5.88 Å². The number of carbonyl (C=O) groups is 1. The minimum Gasteiger partial charge on any atom is -0.473 e. The van der Waals surface area contributed by atoms with Crippen molar-refractivity contribution in [2.75, 3.05) is 13.7 Å². The van der Waals surface area contributed by atoms with E-state index >= 15 is 4.39 Å². The van der Waals surface area contributed by atoms with Crippen LogP contribution in [-0.2, 0) is 29.0 Å². The van der Waals surface area contributed by atoms with Gasteiger partial charge in [-0.25, -0.2) is 23.5 Å². The SMILES string of the molecule is COC(=O)c1ccc2nc(Cc3ccc(-c4cccc(OCc5ccc(Cl)cc5F)n4)c(F)c3)n(CC3CCO3)c2c1. The Balaban J connectivity index is 1.24. The molecule has 1 aliphatic rings. The van der Waals surface area contributed by atoms with Crippen LogP contribution in [0, 0.1) is 11.6 Å². The van der Waals surface area contributed by atoms with Crippen LogP contribution in [0.25, 0.3) is 22.3 Å². The summed E-state index contributed by atoms with van der Waals surface area (Å²) in [6.07, 6.45) is 1.36. The number of pyridine rings is 1. The Morgan fingerprint density at radius 1 is 1.05 bits per heavy atom. The number of halogens is 3. The summed E-state index contributed by atoms with van der Waals surface area (Å²) in [4.78, 5) is 21.4. The molecular formula is C32H26ClF2N3O4. The molecule has 1 atom stereocenters. The molecule has 42 heavy (non-hydrogen) atoms. The maximum atomic E-state index is 15.4. The highest BCUT2D eigenvalue weighted by atomic mass is 35.5. The number of aromatic nitrogens is 3. The van der Waals surface area contributed by atoms with Gasteiger partial charge in [-0.2, -0.15) is 0 Å². The van der Waals surface area contributed by atoms with Crippen molar-refractivity contribution in [1.82, 2.24) is 14.5 Å². The summed E-state index contributed by atoms with van der Waals surface area (Å²) >= 11 is 5.82. The van der Waals surface area contributed by atoms with Crippen LogP contribution >= 0.6 is 11.6 Å². The molecule has 0 saturated carbocycles. The number of carbonyl (C=O) groups excluding carboxylic acids is 1. The van der Waals surface area contributed by atoms with Gasteiger partial charge in [0.15, 0.2) is 0 Å². The third-order valence-electron chi connectivity index (χ3n) is 7.21. The molecule has 1 fully saturated rings. The molecule has 2 aromatic heterocycles. The van der Waals surface area contributed by atoms with E-state index in [4.69, 9.17) is 30.8 Å². The Hall–Kier alpha value is -4.34. The van der Waals surface area contributed by atoms with E-state index < -0.39 is 17.6 Å². The molecule has 0 bridgehead atoms. The summed E-state index contributed by atoms with van der Waals surface area (Å²) in [7, 11) is 1.34. The van der Waals surface area contributed by atoms with Crippen LogP contribution in [-0.4, -0.2) is 40.3 Å². The molecule has 7 nitrogen and oxygen atoms in total. The first-order chi connectivity index (χ1) is 20.4. The molecule has 1 saturated heterocycles. The summed E-state index contributed by atoms with van der Waals surface area (Å²) in [5, 5.41) is 0.299. The van der Waals surface area contributed by atoms with Crippen molar-refractivity contribution in [3.05, 3.63) is 112 Å². The average molecular weight is 590 g/mol. The molecule has 0 spiro atoms. The van der Waals surface area contributed by atoms with Gasteiger partial charge in [0, 0.05) is 35.2 Å². The van der Waals surface area contributed by atoms with E-state index in [1.54, 1.807) is 54.6 Å². The van der Waals surface area contributed by atoms with Crippen molar-refractivity contribution >= 4 is 28.6 Å². The number of rotatable bonds is 9. The van der Waals surface area contributed by atoms with Gasteiger partial charge < -0.3 is 18.8 Å². The van der Waals surface area contributed by atoms with E-state index in [9.17, 15) is 9.18 Å². The Kier molecular flexibility index (Phi) is 7.86. The molecule has 6 rings (SSSR count). The zero-order valence-corrected chi connectivity index (χ0v) is 23.4. The monoisotopic (exact) mass is 589 g/mol. The first kappa shape index (κ1) is 27.8. The Morgan fingerprint density at radius 3 is 2.64 bits per heavy atom. The highest BCUT2D eigenvalue weighted by Gasteiger charge is 2.23. The number of esters is 1. The van der Waals surface area contributed by atoms with Crippen LogP contribution < -0.4 is 4.74 Å². The number of methoxy groups -OCH3 is 1. The number of imidazole rings is 1. The second-order valence-electron chi connectivity index (χ2n) is 9.99. The minimum atomic E-state index is -0.474. The summed E-state index contributed by atoms with van der Waals surface area (Å²) in [5.74, 6) is -0.373. The fourth-order valence-electron chi connectivity index (χ4n) is 4.88. The number of nitrogens with zero attached hydrogens (tertiary/aromatic N) is 3. The van der Waals surface area contributed by atoms with Crippen molar-refractivity contribution in [3.8, 4) is 17.1 Å². The average Bonchev–Trinajstić information content (AvgIpc) is 3.30. The molecular weight excluding hydrogens is 564 g/mol. The molecule has 3 aromatic carbocycles. The first-order valence-corrected chi connectivity index (χ1v) is 13.8. The van der Waals surface area contributed by atoms with E-state index in [1.807, 2.05) is 10.6 Å². The molecule has 0 aliphatic carbocycles. The van der Waals surface area contributed by atoms with E-state index in [0.29, 0.717) is 47.0 Å². The molecule has 1 aliphatic heterocycles. The number of ether oxygens (including phenoxy) is 3. The largest absolute Gasteiger partial charge is 0.473 e. The lowest BCUT2D eigenvalue weighted by molar-refractivity contribution is -0.0589. The van der Waals surface area contributed by atoms with Gasteiger partial charge in [0.1, 0.15) is 24.1 Å². The molecule has 0 N–H and O–H groups in total. The fourth-order valence-corrected chi connectivity index (χ4v) is 5.04. The molecule has 10 heteroatoms. The lowest BCUT2D eigenvalue weighted by atomic mass is 10.1. The third kappa shape index (κ3) is 5.84. The second-order valence-corrected chi connectivity index (χ2v) is 10.4. The highest BCUT2D eigenvalue weighted by molar-refractivity contribution is 6.30. The van der Waals surface area contributed by atoms with Crippen molar-refractivity contribution in [3.63, 3.8) is 0 Å². The summed E-state index contributed by atoms with van der Waals surface area (Å²) in [6.45, 7) is 1.24. The Labute approximate surface area is 245 Å². The van der Waals surface area contributed by atoms with Gasteiger partial charge in [-0.05, 0) is 60.5 Å². The standard InChI is InChI=1S/C32H26ClF2N3O4/c1-40-32(39)20-7-10-28-29(15-20)38(17-23-11-12-41-23)30(36-28)14-19-5-9-24(26(35)13-19)27-3-2-4-31(37-27)42-18-21-6-8-22(33)16-25(21)34/h2-10,13,15-16,23H,11-12,14,17-18H2,1H3. The van der Waals surface area contributed by atoms with Gasteiger partial charge in [-0.1, -0.05) is 29.8 Å². The molecule has 0 amide bonds. The summed E-state index contributed by atoms with van der Waals surface area (Å²) < 4.78 is 47.8. The quantitative estimate of drug-likeness (QED) is 0.177. The number of hydrogen-bond donors (Lipinski definition) is 0. The predicted octanol–water partition coefficient (Wildman–Crippen LogP) is 6.78. The number of fused-ring (bicyclic) bond motifs is 1. The number of hydrogen-bond acceptors (Lipinski definition) is 6. The van der Waals surface area contributed by atoms with E-state index in [0.717, 1.165) is 28.8 Å². The molecule has 0 radical (unpaired) electrons. The number of benzene rings is 3. The van der Waals surface area contributed by atoms with Crippen molar-refractivity contribution < 1.29 is 27.8 Å². The molecule has 5 aromatic rings. The van der Waals surface area contributed by atoms with Gasteiger partial charge in [-0.3, -0.25) is 0 Å². The minimum absolute atomic E-state index is 0.0467. The van der Waals surface area contributed by atoms with Crippen molar-refractivity contribution in [1.29, 1.82) is 0 Å². The van der Waals surface area contributed by atoms with Gasteiger partial charge in [0.2, 0.25) is 5.88 Å². The molecule has 214 valence electrons. The third-order valence-corrected chi connectivity index (χ3v) is 7.45. The Bertz CT molecular complexity index is 1790. The smallest absolute Gasteiger partial charge is 0.337 e. The lowest BCUT2D eigenvalue weighted by Crippen LogP contribution is -2.31. The molecule has 1 unspecified atom stereocenters. The fraction of sp³-hybridized carbons (Fsp3) is 0.219. The van der Waals surface area contributed by atoms with Crippen LogP contribution in [0.2, 0.25) is 5.02 Å². The van der Waals surface area contributed by atoms with Crippen molar-refractivity contribution in [2.45, 2.75) is 32.1 Å². The first-order valence-electron chi connectivity index (χ1n) is 13.4. The van der Waals surface area contributed by atoms with Gasteiger partial charge in [0.25, 0.3) is 0 Å². The van der Waals surface area contributed by atoms with E-state index in [-0.39, 0.29) is 18.6 Å². The predicted molar refractivity (Wildman–Crippen MR) is 154 cm³/mol. The van der Waals surface area contributed by atoms with Gasteiger partial charge >= 0.3 is 5.97 Å². The normalized spacial score (nSPS) is 14.5.